The van der Waals surface area contributed by atoms with Crippen LogP contribution in [0.3, 0.4) is 0 Å². The first-order valence-electron chi connectivity index (χ1n) is 13.6. The molecule has 0 saturated carbocycles. The van der Waals surface area contributed by atoms with Crippen LogP contribution < -0.4 is 16.4 Å². The van der Waals surface area contributed by atoms with E-state index in [0.717, 1.165) is 16.5 Å². The number of aliphatic carboxylic acids is 1. The molecule has 0 bridgehead atoms. The predicted octanol–water partition coefficient (Wildman–Crippen LogP) is 3.08. The molecular weight excluding hydrogens is 494 g/mol. The summed E-state index contributed by atoms with van der Waals surface area (Å²) in [6, 6.07) is 18.6. The van der Waals surface area contributed by atoms with Crippen molar-refractivity contribution in [2.75, 3.05) is 31.9 Å². The molecule has 6 N–H and O–H groups in total. The van der Waals surface area contributed by atoms with Crippen molar-refractivity contribution in [3.05, 3.63) is 72.4 Å². The molecule has 9 heteroatoms. The standard InChI is InChI=1S/C15H20N2O4.C9H8N2.C6H15N/c18-13(7-6-10-4-2-1-3-5-10)14(19)17-11-8-12(15(20)21)16-9-11;10-8-5-7-3-1-2-4-9(7)11-6-8;1-4-7(5-2)6-3/h1-5,11-13,16,18H,6-9H2,(H,17,19)(H,20,21);1-6H,10H2;4-6H2,1-3H3/t11-,12+,13-;;/m1../s1. The van der Waals surface area contributed by atoms with E-state index in [1.807, 2.05) is 60.7 Å². The van der Waals surface area contributed by atoms with Gasteiger partial charge in [0.2, 0.25) is 5.91 Å². The highest BCUT2D eigenvalue weighted by atomic mass is 16.4. The number of carbonyl (C=O) groups excluding carboxylic acids is 1. The molecule has 1 aliphatic heterocycles. The molecule has 3 aromatic rings. The van der Waals surface area contributed by atoms with Gasteiger partial charge in [-0.05, 0) is 56.6 Å². The molecule has 1 aromatic heterocycles. The zero-order chi connectivity index (χ0) is 28.6. The third kappa shape index (κ3) is 11.4. The van der Waals surface area contributed by atoms with Crippen molar-refractivity contribution in [3.8, 4) is 0 Å². The molecular formula is C30H43N5O4. The molecule has 1 fully saturated rings. The number of carboxylic acids is 1. The van der Waals surface area contributed by atoms with E-state index < -0.39 is 24.0 Å². The van der Waals surface area contributed by atoms with Crippen molar-refractivity contribution >= 4 is 28.5 Å². The first kappa shape index (κ1) is 31.7. The van der Waals surface area contributed by atoms with Gasteiger partial charge in [-0.1, -0.05) is 69.3 Å². The smallest absolute Gasteiger partial charge is 0.320 e. The number of hydrogen-bond acceptors (Lipinski definition) is 7. The minimum absolute atomic E-state index is 0.245. The van der Waals surface area contributed by atoms with Crippen LogP contribution in [0.25, 0.3) is 10.9 Å². The molecule has 39 heavy (non-hydrogen) atoms. The number of aliphatic hydroxyl groups excluding tert-OH is 1. The normalized spacial score (nSPS) is 16.9. The lowest BCUT2D eigenvalue weighted by atomic mass is 10.1. The number of rotatable bonds is 9. The maximum Gasteiger partial charge on any atom is 0.320 e. The summed E-state index contributed by atoms with van der Waals surface area (Å²) in [6.45, 7) is 10.5. The van der Waals surface area contributed by atoms with Crippen LogP contribution in [0.5, 0.6) is 0 Å². The Balaban J connectivity index is 0.000000245. The van der Waals surface area contributed by atoms with Gasteiger partial charge in [-0.15, -0.1) is 0 Å². The van der Waals surface area contributed by atoms with Crippen molar-refractivity contribution in [2.45, 2.75) is 58.2 Å². The largest absolute Gasteiger partial charge is 0.480 e. The number of aryl methyl sites for hydroxylation is 1. The number of nitrogen functional groups attached to an aromatic ring is 1. The topological polar surface area (TPSA) is 141 Å². The van der Waals surface area contributed by atoms with E-state index in [1.54, 1.807) is 6.20 Å². The van der Waals surface area contributed by atoms with Crippen molar-refractivity contribution in [1.29, 1.82) is 0 Å². The van der Waals surface area contributed by atoms with Crippen LogP contribution in [-0.2, 0) is 16.0 Å². The lowest BCUT2D eigenvalue weighted by Gasteiger charge is -2.15. The van der Waals surface area contributed by atoms with Gasteiger partial charge in [-0.25, -0.2) is 0 Å². The summed E-state index contributed by atoms with van der Waals surface area (Å²) in [5.41, 5.74) is 8.33. The van der Waals surface area contributed by atoms with Crippen LogP contribution in [0.4, 0.5) is 5.69 Å². The van der Waals surface area contributed by atoms with E-state index in [-0.39, 0.29) is 6.04 Å². The average molecular weight is 538 g/mol. The van der Waals surface area contributed by atoms with Gasteiger partial charge in [0.15, 0.2) is 0 Å². The molecule has 4 rings (SSSR count). The van der Waals surface area contributed by atoms with E-state index in [2.05, 4.69) is 41.3 Å². The molecule has 2 aromatic carbocycles. The molecule has 1 amide bonds. The van der Waals surface area contributed by atoms with Crippen LogP contribution in [0, 0.1) is 0 Å². The third-order valence-corrected chi connectivity index (χ3v) is 6.58. The first-order chi connectivity index (χ1) is 18.8. The molecule has 0 aliphatic carbocycles. The molecule has 0 radical (unpaired) electrons. The number of nitrogens with one attached hydrogen (secondary N) is 2. The minimum Gasteiger partial charge on any atom is -0.480 e. The highest BCUT2D eigenvalue weighted by molar-refractivity contribution is 5.81. The zero-order valence-electron chi connectivity index (χ0n) is 23.2. The van der Waals surface area contributed by atoms with Crippen LogP contribution in [0.2, 0.25) is 0 Å². The van der Waals surface area contributed by atoms with Gasteiger partial charge >= 0.3 is 5.97 Å². The van der Waals surface area contributed by atoms with Crippen LogP contribution >= 0.6 is 0 Å². The van der Waals surface area contributed by atoms with E-state index >= 15 is 0 Å². The van der Waals surface area contributed by atoms with Crippen molar-refractivity contribution in [2.24, 2.45) is 0 Å². The summed E-state index contributed by atoms with van der Waals surface area (Å²) in [5, 5.41) is 25.3. The Labute approximate surface area is 231 Å². The second kappa shape index (κ2) is 17.1. The summed E-state index contributed by atoms with van der Waals surface area (Å²) in [4.78, 5) is 29.2. The summed E-state index contributed by atoms with van der Waals surface area (Å²) >= 11 is 0. The summed E-state index contributed by atoms with van der Waals surface area (Å²) in [5.74, 6) is -1.36. The Morgan fingerprint density at radius 2 is 1.72 bits per heavy atom. The third-order valence-electron chi connectivity index (χ3n) is 6.58. The number of benzene rings is 2. The Bertz CT molecular complexity index is 1130. The number of carbonyl (C=O) groups is 2. The average Bonchev–Trinajstić information content (AvgIpc) is 3.43. The number of anilines is 1. The Morgan fingerprint density at radius 1 is 1.08 bits per heavy atom. The highest BCUT2D eigenvalue weighted by Crippen LogP contribution is 2.13. The maximum atomic E-state index is 11.9. The van der Waals surface area contributed by atoms with E-state index in [0.29, 0.717) is 31.5 Å². The fraction of sp³-hybridized carbons (Fsp3) is 0.433. The number of fused-ring (bicyclic) bond motifs is 1. The zero-order valence-corrected chi connectivity index (χ0v) is 23.2. The number of carboxylic acid groups (broad SMARTS) is 1. The van der Waals surface area contributed by atoms with Crippen LogP contribution in [0.15, 0.2) is 66.9 Å². The van der Waals surface area contributed by atoms with Crippen molar-refractivity contribution < 1.29 is 19.8 Å². The van der Waals surface area contributed by atoms with E-state index in [4.69, 9.17) is 10.8 Å². The molecule has 212 valence electrons. The van der Waals surface area contributed by atoms with Gasteiger partial charge in [0, 0.05) is 18.0 Å². The highest BCUT2D eigenvalue weighted by Gasteiger charge is 2.31. The number of amides is 1. The second-order valence-electron chi connectivity index (χ2n) is 9.36. The summed E-state index contributed by atoms with van der Waals surface area (Å²) in [6.07, 6.45) is 1.90. The summed E-state index contributed by atoms with van der Waals surface area (Å²) < 4.78 is 0. The fourth-order valence-electron chi connectivity index (χ4n) is 4.17. The van der Waals surface area contributed by atoms with Crippen molar-refractivity contribution in [3.63, 3.8) is 0 Å². The van der Waals surface area contributed by atoms with E-state index in [9.17, 15) is 14.7 Å². The molecule has 3 atom stereocenters. The van der Waals surface area contributed by atoms with Gasteiger partial charge in [0.1, 0.15) is 12.1 Å². The van der Waals surface area contributed by atoms with Gasteiger partial charge in [-0.2, -0.15) is 0 Å². The molecule has 0 spiro atoms. The second-order valence-corrected chi connectivity index (χ2v) is 9.36. The predicted molar refractivity (Wildman–Crippen MR) is 156 cm³/mol. The van der Waals surface area contributed by atoms with Crippen LogP contribution in [0.1, 0.15) is 39.2 Å². The maximum absolute atomic E-state index is 11.9. The first-order valence-corrected chi connectivity index (χ1v) is 13.6. The molecule has 0 unspecified atom stereocenters. The quantitative estimate of drug-likeness (QED) is 0.280. The van der Waals surface area contributed by atoms with Crippen molar-refractivity contribution in [1.82, 2.24) is 20.5 Å². The lowest BCUT2D eigenvalue weighted by Crippen LogP contribution is -2.42. The lowest BCUT2D eigenvalue weighted by molar-refractivity contribution is -0.139. The number of pyridine rings is 1. The number of hydrogen-bond donors (Lipinski definition) is 5. The fourth-order valence-corrected chi connectivity index (χ4v) is 4.17. The van der Waals surface area contributed by atoms with E-state index in [1.165, 1.54) is 19.6 Å². The monoisotopic (exact) mass is 537 g/mol. The van der Waals surface area contributed by atoms with Gasteiger partial charge in [0.05, 0.1) is 17.4 Å². The van der Waals surface area contributed by atoms with Gasteiger partial charge < -0.3 is 31.5 Å². The molecule has 2 heterocycles. The van der Waals surface area contributed by atoms with Gasteiger partial charge in [-0.3, -0.25) is 14.6 Å². The molecule has 1 saturated heterocycles. The Kier molecular flexibility index (Phi) is 13.9. The SMILES string of the molecule is CCN(CC)CC.Nc1cnc2ccccc2c1.O=C(N[C@H]1CN[C@H](C(=O)O)C1)[C@H](O)CCc1ccccc1. The summed E-state index contributed by atoms with van der Waals surface area (Å²) in [7, 11) is 0. The van der Waals surface area contributed by atoms with Gasteiger partial charge in [0.25, 0.3) is 0 Å². The molecule has 9 nitrogen and oxygen atoms in total. The number of aliphatic hydroxyl groups is 1. The number of para-hydroxylation sites is 1. The minimum atomic E-state index is -1.07. The molecule has 1 aliphatic rings. The Hall–Kier alpha value is -3.53. The van der Waals surface area contributed by atoms with Crippen LogP contribution in [-0.4, -0.2) is 76.3 Å². The number of aromatic nitrogens is 1. The number of nitrogens with two attached hydrogens (primary N) is 1. The number of nitrogens with zero attached hydrogens (tertiary/aromatic N) is 2. The Morgan fingerprint density at radius 3 is 2.31 bits per heavy atom.